The van der Waals surface area contributed by atoms with Gasteiger partial charge in [-0.1, -0.05) is 45.7 Å². The maximum atomic E-state index is 13.3. The van der Waals surface area contributed by atoms with Gasteiger partial charge in [0.05, 0.1) is 27.5 Å². The number of hydrogen-bond donors (Lipinski definition) is 1. The number of esters is 1. The number of hydrogen-bond acceptors (Lipinski definition) is 4. The SMILES string of the molecule is O=C(COC(=O)c1cc(-c2ccc(F)cc2)nc2ccccc12)Nc1ccc(Br)cc1Cl. The molecule has 8 heteroatoms. The van der Waals surface area contributed by atoms with Crippen molar-refractivity contribution in [2.75, 3.05) is 11.9 Å². The molecule has 0 saturated heterocycles. The molecule has 4 aromatic rings. The number of anilines is 1. The summed E-state index contributed by atoms with van der Waals surface area (Å²) in [5, 5.41) is 3.54. The number of para-hydroxylation sites is 1. The fourth-order valence-corrected chi connectivity index (χ4v) is 3.82. The second kappa shape index (κ2) is 9.46. The molecule has 1 N–H and O–H groups in total. The van der Waals surface area contributed by atoms with Crippen molar-refractivity contribution in [1.29, 1.82) is 0 Å². The first kappa shape index (κ1) is 21.9. The summed E-state index contributed by atoms with van der Waals surface area (Å²) in [5.41, 5.74) is 2.37. The van der Waals surface area contributed by atoms with E-state index in [4.69, 9.17) is 16.3 Å². The van der Waals surface area contributed by atoms with Gasteiger partial charge in [0.25, 0.3) is 5.91 Å². The number of pyridine rings is 1. The molecule has 0 aliphatic rings. The zero-order valence-corrected chi connectivity index (χ0v) is 18.8. The molecule has 0 bridgehead atoms. The van der Waals surface area contributed by atoms with Gasteiger partial charge in [0, 0.05) is 15.4 Å². The summed E-state index contributed by atoms with van der Waals surface area (Å²) in [6.45, 7) is -0.492. The third-order valence-corrected chi connectivity index (χ3v) is 5.42. The van der Waals surface area contributed by atoms with E-state index in [0.717, 1.165) is 4.47 Å². The lowest BCUT2D eigenvalue weighted by Crippen LogP contribution is -2.21. The van der Waals surface area contributed by atoms with Crippen molar-refractivity contribution < 1.29 is 18.7 Å². The van der Waals surface area contributed by atoms with E-state index in [1.165, 1.54) is 12.1 Å². The van der Waals surface area contributed by atoms with Crippen molar-refractivity contribution in [2.24, 2.45) is 0 Å². The average molecular weight is 514 g/mol. The monoisotopic (exact) mass is 512 g/mol. The van der Waals surface area contributed by atoms with Crippen LogP contribution in [0.5, 0.6) is 0 Å². The summed E-state index contributed by atoms with van der Waals surface area (Å²) >= 11 is 9.39. The first-order chi connectivity index (χ1) is 15.4. The van der Waals surface area contributed by atoms with Crippen molar-refractivity contribution in [2.45, 2.75) is 0 Å². The number of aromatic nitrogens is 1. The Morgan fingerprint density at radius 1 is 1.03 bits per heavy atom. The van der Waals surface area contributed by atoms with Gasteiger partial charge >= 0.3 is 5.97 Å². The van der Waals surface area contributed by atoms with Crippen LogP contribution in [0.1, 0.15) is 10.4 Å². The van der Waals surface area contributed by atoms with E-state index >= 15 is 0 Å². The molecule has 0 spiro atoms. The number of carbonyl (C=O) groups excluding carboxylic acids is 2. The van der Waals surface area contributed by atoms with Crippen LogP contribution in [0.3, 0.4) is 0 Å². The number of fused-ring (bicyclic) bond motifs is 1. The molecule has 0 aliphatic heterocycles. The van der Waals surface area contributed by atoms with Crippen LogP contribution in [0.2, 0.25) is 5.02 Å². The maximum absolute atomic E-state index is 13.3. The number of rotatable bonds is 5. The number of ether oxygens (including phenoxy) is 1. The highest BCUT2D eigenvalue weighted by Gasteiger charge is 2.17. The van der Waals surface area contributed by atoms with Gasteiger partial charge < -0.3 is 10.1 Å². The highest BCUT2D eigenvalue weighted by atomic mass is 79.9. The molecule has 5 nitrogen and oxygen atoms in total. The molecule has 0 radical (unpaired) electrons. The molecule has 1 aromatic heterocycles. The fourth-order valence-electron chi connectivity index (χ4n) is 3.10. The van der Waals surface area contributed by atoms with E-state index in [1.54, 1.807) is 60.7 Å². The Balaban J connectivity index is 1.56. The Bertz CT molecular complexity index is 1330. The van der Waals surface area contributed by atoms with Crippen molar-refractivity contribution in [3.05, 3.63) is 93.7 Å². The third-order valence-electron chi connectivity index (χ3n) is 4.62. The van der Waals surface area contributed by atoms with Crippen LogP contribution in [0, 0.1) is 5.82 Å². The molecule has 0 unspecified atom stereocenters. The summed E-state index contributed by atoms with van der Waals surface area (Å²) in [6, 6.07) is 19.5. The van der Waals surface area contributed by atoms with E-state index in [0.29, 0.717) is 32.9 Å². The molecule has 4 rings (SSSR count). The Kier molecular flexibility index (Phi) is 6.48. The van der Waals surface area contributed by atoms with Crippen LogP contribution in [0.25, 0.3) is 22.2 Å². The van der Waals surface area contributed by atoms with E-state index in [-0.39, 0.29) is 11.4 Å². The van der Waals surface area contributed by atoms with Gasteiger partial charge in [-0.15, -0.1) is 0 Å². The van der Waals surface area contributed by atoms with Crippen molar-refractivity contribution in [1.82, 2.24) is 4.98 Å². The number of benzene rings is 3. The Morgan fingerprint density at radius 3 is 2.53 bits per heavy atom. The highest BCUT2D eigenvalue weighted by Crippen LogP contribution is 2.27. The van der Waals surface area contributed by atoms with Crippen LogP contribution in [-0.2, 0) is 9.53 Å². The lowest BCUT2D eigenvalue weighted by Gasteiger charge is -2.11. The largest absolute Gasteiger partial charge is 0.452 e. The molecule has 3 aromatic carbocycles. The number of carbonyl (C=O) groups is 2. The zero-order chi connectivity index (χ0) is 22.7. The minimum absolute atomic E-state index is 0.254. The van der Waals surface area contributed by atoms with Crippen molar-refractivity contribution in [3.63, 3.8) is 0 Å². The first-order valence-corrected chi connectivity index (χ1v) is 10.7. The minimum atomic E-state index is -0.677. The van der Waals surface area contributed by atoms with Crippen LogP contribution in [0.15, 0.2) is 77.3 Å². The topological polar surface area (TPSA) is 68.3 Å². The van der Waals surface area contributed by atoms with Crippen molar-refractivity contribution >= 4 is 56.0 Å². The standard InChI is InChI=1S/C24H15BrClFN2O3/c25-15-7-10-21(19(26)11-15)29-23(30)13-32-24(31)18-12-22(14-5-8-16(27)9-6-14)28-20-4-2-1-3-17(18)20/h1-12H,13H2,(H,29,30). The Morgan fingerprint density at radius 2 is 1.78 bits per heavy atom. The third kappa shape index (κ3) is 4.95. The number of nitrogens with one attached hydrogen (secondary N) is 1. The zero-order valence-electron chi connectivity index (χ0n) is 16.4. The van der Waals surface area contributed by atoms with E-state index in [2.05, 4.69) is 26.2 Å². The van der Waals surface area contributed by atoms with Gasteiger partial charge in [0.1, 0.15) is 5.82 Å². The predicted molar refractivity (Wildman–Crippen MR) is 125 cm³/mol. The van der Waals surface area contributed by atoms with Crippen molar-refractivity contribution in [3.8, 4) is 11.3 Å². The Labute approximate surface area is 196 Å². The predicted octanol–water partition coefficient (Wildman–Crippen LogP) is 6.25. The Hall–Kier alpha value is -3.29. The highest BCUT2D eigenvalue weighted by molar-refractivity contribution is 9.10. The fraction of sp³-hybridized carbons (Fsp3) is 0.0417. The second-order valence-corrected chi connectivity index (χ2v) is 8.15. The second-order valence-electron chi connectivity index (χ2n) is 6.83. The average Bonchev–Trinajstić information content (AvgIpc) is 2.79. The molecule has 0 aliphatic carbocycles. The van der Waals surface area contributed by atoms with Gasteiger partial charge in [-0.25, -0.2) is 14.2 Å². The molecule has 0 atom stereocenters. The minimum Gasteiger partial charge on any atom is -0.452 e. The van der Waals surface area contributed by atoms with Gasteiger partial charge in [-0.3, -0.25) is 4.79 Å². The van der Waals surface area contributed by atoms with Gasteiger partial charge in [-0.05, 0) is 54.6 Å². The summed E-state index contributed by atoms with van der Waals surface area (Å²) in [7, 11) is 0. The molecular weight excluding hydrogens is 499 g/mol. The molecule has 1 amide bonds. The van der Waals surface area contributed by atoms with E-state index in [9.17, 15) is 14.0 Å². The van der Waals surface area contributed by atoms with Gasteiger partial charge in [-0.2, -0.15) is 0 Å². The summed E-state index contributed by atoms with van der Waals surface area (Å²) in [6.07, 6.45) is 0. The van der Waals surface area contributed by atoms with Crippen LogP contribution >= 0.6 is 27.5 Å². The first-order valence-electron chi connectivity index (χ1n) is 9.48. The smallest absolute Gasteiger partial charge is 0.339 e. The van der Waals surface area contributed by atoms with Crippen LogP contribution in [0.4, 0.5) is 10.1 Å². The quantitative estimate of drug-likeness (QED) is 0.320. The number of amides is 1. The molecule has 0 saturated carbocycles. The molecule has 1 heterocycles. The molecule has 32 heavy (non-hydrogen) atoms. The normalized spacial score (nSPS) is 10.7. The lowest BCUT2D eigenvalue weighted by molar-refractivity contribution is -0.119. The van der Waals surface area contributed by atoms with Crippen LogP contribution in [-0.4, -0.2) is 23.5 Å². The van der Waals surface area contributed by atoms with Crippen LogP contribution < -0.4 is 5.32 Å². The van der Waals surface area contributed by atoms with Gasteiger partial charge in [0.15, 0.2) is 6.61 Å². The lowest BCUT2D eigenvalue weighted by atomic mass is 10.0. The molecule has 0 fully saturated rings. The van der Waals surface area contributed by atoms with E-state index < -0.39 is 18.5 Å². The number of halogens is 3. The van der Waals surface area contributed by atoms with E-state index in [1.807, 2.05) is 0 Å². The maximum Gasteiger partial charge on any atom is 0.339 e. The molecular formula is C24H15BrClFN2O3. The summed E-state index contributed by atoms with van der Waals surface area (Å²) < 4.78 is 19.3. The number of nitrogens with zero attached hydrogens (tertiary/aromatic N) is 1. The summed E-state index contributed by atoms with van der Waals surface area (Å²) in [5.74, 6) is -1.57. The van der Waals surface area contributed by atoms with Gasteiger partial charge in [0.2, 0.25) is 0 Å². The molecule has 160 valence electrons. The summed E-state index contributed by atoms with van der Waals surface area (Å²) in [4.78, 5) is 29.7.